The van der Waals surface area contributed by atoms with Crippen LogP contribution in [-0.4, -0.2) is 30.6 Å². The first-order valence-electron chi connectivity index (χ1n) is 9.66. The zero-order valence-corrected chi connectivity index (χ0v) is 19.4. The summed E-state index contributed by atoms with van der Waals surface area (Å²) in [6.07, 6.45) is 1.59. The van der Waals surface area contributed by atoms with Crippen molar-refractivity contribution >= 4 is 61.4 Å². The molecule has 0 saturated heterocycles. The minimum Gasteiger partial charge on any atom is -0.324 e. The number of nitrogens with one attached hydrogen (secondary N) is 2. The van der Waals surface area contributed by atoms with Crippen molar-refractivity contribution in [3.8, 4) is 0 Å². The van der Waals surface area contributed by atoms with Crippen LogP contribution in [-0.2, 0) is 14.8 Å². The lowest BCUT2D eigenvalue weighted by Crippen LogP contribution is -2.46. The largest absolute Gasteiger partial charge is 0.324 e. The van der Waals surface area contributed by atoms with E-state index in [-0.39, 0.29) is 15.6 Å². The number of carbonyl (C=O) groups is 1. The average Bonchev–Trinajstić information content (AvgIpc) is 3.24. The van der Waals surface area contributed by atoms with Gasteiger partial charge in [0.05, 0.1) is 22.3 Å². The van der Waals surface area contributed by atoms with E-state index < -0.39 is 27.8 Å². The highest BCUT2D eigenvalue weighted by atomic mass is 35.5. The van der Waals surface area contributed by atoms with Crippen LogP contribution in [0.4, 0.5) is 15.8 Å². The SMILES string of the molecule is C[C@H](C(=O)Nc1ccc2[nH]ncc2c1)N(c1cc(Cl)ccc1F)S(=O)(=O)c1ccc(Cl)cc1. The number of H-pyrrole nitrogens is 1. The van der Waals surface area contributed by atoms with Crippen LogP contribution in [0.3, 0.4) is 0 Å². The van der Waals surface area contributed by atoms with Gasteiger partial charge in [-0.3, -0.25) is 14.2 Å². The Labute approximate surface area is 199 Å². The number of hydrogen-bond acceptors (Lipinski definition) is 4. The highest BCUT2D eigenvalue weighted by Crippen LogP contribution is 2.32. The second-order valence-corrected chi connectivity index (χ2v) is 9.88. The van der Waals surface area contributed by atoms with Gasteiger partial charge < -0.3 is 5.32 Å². The van der Waals surface area contributed by atoms with Crippen molar-refractivity contribution in [1.29, 1.82) is 0 Å². The minimum atomic E-state index is -4.37. The van der Waals surface area contributed by atoms with Crippen LogP contribution in [0.5, 0.6) is 0 Å². The smallest absolute Gasteiger partial charge is 0.265 e. The monoisotopic (exact) mass is 506 g/mol. The lowest BCUT2D eigenvalue weighted by molar-refractivity contribution is -0.116. The number of nitrogens with zero attached hydrogens (tertiary/aromatic N) is 2. The molecule has 4 rings (SSSR count). The molecule has 0 saturated carbocycles. The van der Waals surface area contributed by atoms with Gasteiger partial charge in [-0.1, -0.05) is 23.2 Å². The van der Waals surface area contributed by atoms with Crippen molar-refractivity contribution in [2.75, 3.05) is 9.62 Å². The molecule has 0 bridgehead atoms. The highest BCUT2D eigenvalue weighted by molar-refractivity contribution is 7.93. The maximum Gasteiger partial charge on any atom is 0.265 e. The fourth-order valence-electron chi connectivity index (χ4n) is 3.29. The van der Waals surface area contributed by atoms with Crippen LogP contribution in [0.2, 0.25) is 10.0 Å². The molecule has 0 aliphatic rings. The predicted octanol–water partition coefficient (Wildman–Crippen LogP) is 5.23. The number of anilines is 2. The van der Waals surface area contributed by atoms with Gasteiger partial charge >= 0.3 is 0 Å². The number of aromatic amines is 1. The van der Waals surface area contributed by atoms with Gasteiger partial charge in [0.15, 0.2) is 0 Å². The number of rotatable bonds is 6. The lowest BCUT2D eigenvalue weighted by Gasteiger charge is -2.30. The molecule has 0 spiro atoms. The summed E-state index contributed by atoms with van der Waals surface area (Å²) in [5.74, 6) is -1.52. The highest BCUT2D eigenvalue weighted by Gasteiger charge is 2.35. The molecule has 0 aliphatic carbocycles. The Bertz CT molecular complexity index is 1440. The first-order chi connectivity index (χ1) is 15.7. The molecule has 1 aromatic heterocycles. The maximum atomic E-state index is 14.8. The van der Waals surface area contributed by atoms with Crippen molar-refractivity contribution in [3.63, 3.8) is 0 Å². The number of amides is 1. The summed E-state index contributed by atoms with van der Waals surface area (Å²) in [5, 5.41) is 10.6. The molecule has 11 heteroatoms. The van der Waals surface area contributed by atoms with Gasteiger partial charge in [-0.25, -0.2) is 12.8 Å². The van der Waals surface area contributed by atoms with Crippen molar-refractivity contribution in [2.45, 2.75) is 17.9 Å². The molecule has 4 aromatic rings. The molecule has 0 aliphatic heterocycles. The summed E-state index contributed by atoms with van der Waals surface area (Å²) in [4.78, 5) is 13.0. The molecule has 0 unspecified atom stereocenters. The van der Waals surface area contributed by atoms with Gasteiger partial charge in [0.25, 0.3) is 10.0 Å². The van der Waals surface area contributed by atoms with Crippen molar-refractivity contribution < 1.29 is 17.6 Å². The third-order valence-corrected chi connectivity index (χ3v) is 7.34. The summed E-state index contributed by atoms with van der Waals surface area (Å²) >= 11 is 11.9. The van der Waals surface area contributed by atoms with Gasteiger partial charge in [0.1, 0.15) is 11.9 Å². The van der Waals surface area contributed by atoms with Crippen LogP contribution in [0.25, 0.3) is 10.9 Å². The molecule has 0 fully saturated rings. The third-order valence-electron chi connectivity index (χ3n) is 4.96. The van der Waals surface area contributed by atoms with E-state index >= 15 is 0 Å². The normalized spacial score (nSPS) is 12.5. The van der Waals surface area contributed by atoms with Crippen molar-refractivity contribution in [1.82, 2.24) is 10.2 Å². The van der Waals surface area contributed by atoms with Gasteiger partial charge in [-0.2, -0.15) is 5.10 Å². The van der Waals surface area contributed by atoms with Gasteiger partial charge in [-0.15, -0.1) is 0 Å². The molecule has 1 atom stereocenters. The Morgan fingerprint density at radius 3 is 2.48 bits per heavy atom. The van der Waals surface area contributed by atoms with Crippen molar-refractivity contribution in [2.24, 2.45) is 0 Å². The van der Waals surface area contributed by atoms with E-state index in [2.05, 4.69) is 15.5 Å². The Balaban J connectivity index is 1.75. The van der Waals surface area contributed by atoms with Gasteiger partial charge in [0.2, 0.25) is 5.91 Å². The first kappa shape index (κ1) is 23.0. The average molecular weight is 507 g/mol. The van der Waals surface area contributed by atoms with Crippen LogP contribution in [0.1, 0.15) is 6.92 Å². The minimum absolute atomic E-state index is 0.112. The number of sulfonamides is 1. The summed E-state index contributed by atoms with van der Waals surface area (Å²) < 4.78 is 42.6. The summed E-state index contributed by atoms with van der Waals surface area (Å²) in [5.41, 5.74) is 0.843. The van der Waals surface area contributed by atoms with E-state index in [0.717, 1.165) is 23.0 Å². The number of halogens is 3. The summed E-state index contributed by atoms with van der Waals surface area (Å²) in [6, 6.07) is 12.6. The first-order valence-corrected chi connectivity index (χ1v) is 11.9. The van der Waals surface area contributed by atoms with E-state index in [9.17, 15) is 17.6 Å². The second kappa shape index (κ2) is 9.01. The molecule has 3 aromatic carbocycles. The summed E-state index contributed by atoms with van der Waals surface area (Å²) in [7, 11) is -4.37. The molecule has 1 heterocycles. The number of hydrogen-bond donors (Lipinski definition) is 2. The zero-order chi connectivity index (χ0) is 23.8. The number of carbonyl (C=O) groups excluding carboxylic acids is 1. The standard InChI is InChI=1S/C22H17Cl2FN4O3S/c1-13(22(30)27-17-5-9-20-14(10-17)12-26-28-20)29(21-11-16(24)4-8-19(21)25)33(31,32)18-6-2-15(23)3-7-18/h2-13H,1H3,(H,26,28)(H,27,30)/t13-/m1/s1. The Morgan fingerprint density at radius 2 is 1.76 bits per heavy atom. The predicted molar refractivity (Wildman–Crippen MR) is 127 cm³/mol. The Morgan fingerprint density at radius 1 is 1.06 bits per heavy atom. The molecule has 7 nitrogen and oxygen atoms in total. The Hall–Kier alpha value is -3.14. The number of fused-ring (bicyclic) bond motifs is 1. The van der Waals surface area contributed by atoms with Gasteiger partial charge in [0, 0.05) is 21.1 Å². The van der Waals surface area contributed by atoms with E-state index in [1.807, 2.05) is 0 Å². The van der Waals surface area contributed by atoms with Crippen molar-refractivity contribution in [3.05, 3.63) is 82.7 Å². The molecule has 33 heavy (non-hydrogen) atoms. The quantitative estimate of drug-likeness (QED) is 0.374. The zero-order valence-electron chi connectivity index (χ0n) is 17.1. The molecule has 170 valence electrons. The molecular formula is C22H17Cl2FN4O3S. The maximum absolute atomic E-state index is 14.8. The summed E-state index contributed by atoms with van der Waals surface area (Å²) in [6.45, 7) is 1.36. The van der Waals surface area contributed by atoms with Crippen LogP contribution in [0.15, 0.2) is 71.8 Å². The molecule has 0 radical (unpaired) electrons. The lowest BCUT2D eigenvalue weighted by atomic mass is 10.2. The fourth-order valence-corrected chi connectivity index (χ4v) is 5.21. The van der Waals surface area contributed by atoms with E-state index in [1.54, 1.807) is 24.4 Å². The molecule has 2 N–H and O–H groups in total. The number of aromatic nitrogens is 2. The van der Waals surface area contributed by atoms with Crippen LogP contribution < -0.4 is 9.62 Å². The molecule has 1 amide bonds. The van der Waals surface area contributed by atoms with E-state index in [1.165, 1.54) is 37.3 Å². The third kappa shape index (κ3) is 4.66. The van der Waals surface area contributed by atoms with E-state index in [4.69, 9.17) is 23.2 Å². The Kier molecular flexibility index (Phi) is 6.29. The fraction of sp³-hybridized carbons (Fsp3) is 0.0909. The van der Waals surface area contributed by atoms with Crippen LogP contribution in [0, 0.1) is 5.82 Å². The number of benzene rings is 3. The molecular weight excluding hydrogens is 490 g/mol. The van der Waals surface area contributed by atoms with Gasteiger partial charge in [-0.05, 0) is 67.6 Å². The van der Waals surface area contributed by atoms with E-state index in [0.29, 0.717) is 15.0 Å². The van der Waals surface area contributed by atoms with Crippen LogP contribution >= 0.6 is 23.2 Å². The second-order valence-electron chi connectivity index (χ2n) is 7.19. The topological polar surface area (TPSA) is 95.2 Å².